The molecule has 0 bridgehead atoms. The number of fused-ring (bicyclic) bond motifs is 2. The molecule has 3 aromatic carbocycles. The van der Waals surface area contributed by atoms with Gasteiger partial charge in [-0.3, -0.25) is 38.4 Å². The summed E-state index contributed by atoms with van der Waals surface area (Å²) in [6, 6.07) is 21.7. The first-order valence-corrected chi connectivity index (χ1v) is 23.0. The normalized spacial score (nSPS) is 10.6. The molecule has 2 aliphatic rings. The minimum atomic E-state index is -0.903. The van der Waals surface area contributed by atoms with Crippen molar-refractivity contribution >= 4 is 75.8 Å². The average Bonchev–Trinajstić information content (AvgIpc) is 3.33. The summed E-state index contributed by atoms with van der Waals surface area (Å²) in [6.45, 7) is 0.871. The van der Waals surface area contributed by atoms with Gasteiger partial charge in [0.2, 0.25) is 32.5 Å². The Bertz CT molecular complexity index is 2880. The van der Waals surface area contributed by atoms with Crippen LogP contribution in [0.1, 0.15) is 33.3 Å². The van der Waals surface area contributed by atoms with Crippen LogP contribution in [0.25, 0.3) is 33.4 Å². The van der Waals surface area contributed by atoms with Gasteiger partial charge in [-0.15, -0.1) is 0 Å². The van der Waals surface area contributed by atoms with Gasteiger partial charge in [0.25, 0.3) is 0 Å². The molecule has 0 saturated heterocycles. The van der Waals surface area contributed by atoms with E-state index in [1.54, 1.807) is 43.3 Å². The van der Waals surface area contributed by atoms with Crippen molar-refractivity contribution in [2.24, 2.45) is 0 Å². The van der Waals surface area contributed by atoms with Gasteiger partial charge in [0.05, 0.1) is 17.4 Å². The molecule has 0 spiro atoms. The minimum Gasteiger partial charge on any atom is -0.488 e. The Morgan fingerprint density at radius 2 is 0.973 bits per heavy atom. The van der Waals surface area contributed by atoms with E-state index in [1.807, 2.05) is 74.1 Å². The molecule has 1 aliphatic heterocycles. The Morgan fingerprint density at radius 1 is 0.520 bits per heavy atom. The lowest BCUT2D eigenvalue weighted by Crippen LogP contribution is -2.37. The largest absolute Gasteiger partial charge is 0.488 e. The molecule has 0 saturated carbocycles. The monoisotopic (exact) mass is 1040 g/mol. The summed E-state index contributed by atoms with van der Waals surface area (Å²) < 4.78 is 60.7. The quantitative estimate of drug-likeness (QED) is 0.0200. The first-order valence-electron chi connectivity index (χ1n) is 23.0. The molecule has 0 unspecified atom stereocenters. The van der Waals surface area contributed by atoms with Crippen LogP contribution in [0.5, 0.6) is 11.5 Å². The summed E-state index contributed by atoms with van der Waals surface area (Å²) in [6.07, 6.45) is 0. The fourth-order valence-corrected chi connectivity index (χ4v) is 7.05. The van der Waals surface area contributed by atoms with E-state index in [4.69, 9.17) is 51.8 Å². The molecule has 0 N–H and O–H groups in total. The molecule has 1 heterocycles. The molecular weight excluding hydrogens is 985 g/mol. The van der Waals surface area contributed by atoms with Crippen molar-refractivity contribution < 1.29 is 90.1 Å². The van der Waals surface area contributed by atoms with Crippen LogP contribution in [0.15, 0.2) is 77.2 Å². The Kier molecular flexibility index (Phi) is 20.7. The number of ether oxygens (including phenoxy) is 10. The zero-order valence-corrected chi connectivity index (χ0v) is 43.0. The van der Waals surface area contributed by atoms with Crippen LogP contribution in [0.3, 0.4) is 0 Å². The highest BCUT2D eigenvalue weighted by molar-refractivity contribution is 6.03. The molecular formula is C52H59N4O19+. The third kappa shape index (κ3) is 17.4. The van der Waals surface area contributed by atoms with Crippen LogP contribution < -0.4 is 34.1 Å². The summed E-state index contributed by atoms with van der Waals surface area (Å²) in [5.41, 5.74) is 4.73. The topological polar surface area (TPSA) is 255 Å². The third-order valence-corrected chi connectivity index (χ3v) is 10.6. The van der Waals surface area contributed by atoms with Crippen molar-refractivity contribution in [3.63, 3.8) is 0 Å². The molecule has 0 radical (unpaired) electrons. The molecule has 75 heavy (non-hydrogen) atoms. The van der Waals surface area contributed by atoms with E-state index in [-0.39, 0.29) is 36.1 Å². The molecule has 5 rings (SSSR count). The van der Waals surface area contributed by atoms with Crippen LogP contribution in [0.4, 0.5) is 17.1 Å². The van der Waals surface area contributed by atoms with Gasteiger partial charge in [0.15, 0.2) is 0 Å². The maximum Gasteiger partial charge on any atom is 0.328 e. The number of carbonyl (C=O) groups is 8. The van der Waals surface area contributed by atoms with Crippen molar-refractivity contribution in [2.75, 3.05) is 109 Å². The number of esters is 8. The van der Waals surface area contributed by atoms with E-state index in [0.717, 1.165) is 60.8 Å². The van der Waals surface area contributed by atoms with Gasteiger partial charge >= 0.3 is 47.8 Å². The van der Waals surface area contributed by atoms with E-state index in [9.17, 15) is 38.4 Å². The Balaban J connectivity index is 1.58. The summed E-state index contributed by atoms with van der Waals surface area (Å²) in [4.78, 5) is 103. The number of hydrogen-bond acceptors (Lipinski definition) is 22. The van der Waals surface area contributed by atoms with Gasteiger partial charge < -0.3 is 66.5 Å². The molecule has 0 fully saturated rings. The standard InChI is InChI=1S/C52H59N4O19/c1-32-10-16-42(55(24-48(61)71-28-67-33(2)57)25-49(62)72-29-68-34(3)58)46(20-32)65-18-19-66-47-21-37(11-17-43(47)56(26-50(63)73-30-69-35(4)59)27-51(64)74-31-70-36(5)60)52-40-14-12-38(53(6)7)22-44(40)75-45-23-39(54(8)9)13-15-41(45)52/h10-17,20-23H,18-19,24-31H2,1-9H3/q+1. The van der Waals surface area contributed by atoms with E-state index in [1.165, 1.54) is 9.80 Å². The average molecular weight is 1040 g/mol. The molecule has 1 aliphatic carbocycles. The van der Waals surface area contributed by atoms with E-state index in [2.05, 4.69) is 0 Å². The smallest absolute Gasteiger partial charge is 0.328 e. The highest BCUT2D eigenvalue weighted by atomic mass is 16.7. The van der Waals surface area contributed by atoms with E-state index in [0.29, 0.717) is 16.9 Å². The maximum atomic E-state index is 13.3. The van der Waals surface area contributed by atoms with Crippen LogP contribution in [0.2, 0.25) is 0 Å². The van der Waals surface area contributed by atoms with Crippen molar-refractivity contribution in [2.45, 2.75) is 34.6 Å². The molecule has 0 amide bonds. The molecule has 23 heteroatoms. The number of aryl methyl sites for hydroxylation is 1. The summed E-state index contributed by atoms with van der Waals surface area (Å²) in [5, 5.41) is 1.63. The van der Waals surface area contributed by atoms with Gasteiger partial charge in [-0.25, -0.2) is 4.58 Å². The first kappa shape index (κ1) is 57.0. The molecule has 23 nitrogen and oxygen atoms in total. The SMILES string of the molecule is CC(=O)OCOC(=O)CN(CC(=O)OCOC(C)=O)c1ccc(C)cc1OCCOc1cc(-c2c3ccc(=[N+](C)C)cc-3oc3cc(N(C)C)ccc23)ccc1N(CC(=O)OCOC(C)=O)CC(=O)OCOC(C)=O. The van der Waals surface area contributed by atoms with Crippen molar-refractivity contribution in [1.29, 1.82) is 0 Å². The summed E-state index contributed by atoms with van der Waals surface area (Å²) >= 11 is 0. The molecule has 0 atom stereocenters. The van der Waals surface area contributed by atoms with E-state index < -0.39 is 101 Å². The maximum absolute atomic E-state index is 13.3. The first-order chi connectivity index (χ1) is 35.7. The number of anilines is 3. The van der Waals surface area contributed by atoms with Crippen molar-refractivity contribution in [1.82, 2.24) is 4.58 Å². The van der Waals surface area contributed by atoms with Crippen LogP contribution in [0, 0.1) is 6.92 Å². The predicted molar refractivity (Wildman–Crippen MR) is 267 cm³/mol. The Hall–Kier alpha value is -8.89. The zero-order chi connectivity index (χ0) is 54.8. The van der Waals surface area contributed by atoms with Crippen molar-refractivity contribution in [3.05, 3.63) is 83.7 Å². The number of benzene rings is 4. The predicted octanol–water partition coefficient (Wildman–Crippen LogP) is 3.94. The molecule has 400 valence electrons. The van der Waals surface area contributed by atoms with Gasteiger partial charge in [-0.05, 0) is 60.5 Å². The number of nitrogens with zero attached hydrogens (tertiary/aromatic N) is 4. The van der Waals surface area contributed by atoms with Crippen LogP contribution in [-0.4, -0.2) is 143 Å². The van der Waals surface area contributed by atoms with E-state index >= 15 is 0 Å². The van der Waals surface area contributed by atoms with Crippen LogP contribution >= 0.6 is 0 Å². The Labute approximate surface area is 431 Å². The lowest BCUT2D eigenvalue weighted by Gasteiger charge is -2.27. The van der Waals surface area contributed by atoms with Gasteiger partial charge in [0, 0.05) is 76.1 Å². The minimum absolute atomic E-state index is 0.130. The van der Waals surface area contributed by atoms with Crippen LogP contribution in [-0.2, 0) is 76.3 Å². The second kappa shape index (κ2) is 27.2. The highest BCUT2D eigenvalue weighted by Gasteiger charge is 2.26. The number of rotatable bonds is 25. The third-order valence-electron chi connectivity index (χ3n) is 10.6. The second-order valence-electron chi connectivity index (χ2n) is 16.8. The van der Waals surface area contributed by atoms with Gasteiger partial charge in [-0.2, -0.15) is 0 Å². The summed E-state index contributed by atoms with van der Waals surface area (Å²) in [5.74, 6) is -5.47. The number of carbonyl (C=O) groups excluding carboxylic acids is 8. The van der Waals surface area contributed by atoms with Gasteiger partial charge in [-0.1, -0.05) is 12.1 Å². The Morgan fingerprint density at radius 3 is 1.41 bits per heavy atom. The fourth-order valence-electron chi connectivity index (χ4n) is 7.05. The number of hydrogen-bond donors (Lipinski definition) is 0. The fraction of sp³-hybridized carbons (Fsp3) is 0.365. The van der Waals surface area contributed by atoms with Crippen molar-refractivity contribution in [3.8, 4) is 33.9 Å². The molecule has 0 aromatic heterocycles. The lowest BCUT2D eigenvalue weighted by atomic mass is 9.93. The zero-order valence-electron chi connectivity index (χ0n) is 43.0. The highest BCUT2D eigenvalue weighted by Crippen LogP contribution is 2.43. The summed E-state index contributed by atoms with van der Waals surface area (Å²) in [7, 11) is 7.66. The van der Waals surface area contributed by atoms with Gasteiger partial charge in [0.1, 0.15) is 76.3 Å². The molecule has 3 aromatic rings. The second-order valence-corrected chi connectivity index (χ2v) is 16.8. The lowest BCUT2D eigenvalue weighted by molar-refractivity contribution is -0.167.